The lowest BCUT2D eigenvalue weighted by molar-refractivity contribution is 1.01. The van der Waals surface area contributed by atoms with Crippen LogP contribution in [-0.4, -0.2) is 15.0 Å². The molecule has 5 aromatic carbocycles. The molecule has 2 aliphatic rings. The summed E-state index contributed by atoms with van der Waals surface area (Å²) in [4.78, 5) is 19.4. The Labute approximate surface area is 257 Å². The van der Waals surface area contributed by atoms with E-state index in [1.807, 2.05) is 30.3 Å². The number of allylic oxidation sites excluding steroid dienone is 4. The quantitative estimate of drug-likeness (QED) is 0.207. The molecule has 0 unspecified atom stereocenters. The highest BCUT2D eigenvalue weighted by Crippen LogP contribution is 2.53. The Bertz CT molecular complexity index is 1970. The molecule has 6 aromatic rings. The van der Waals surface area contributed by atoms with Gasteiger partial charge in [0.25, 0.3) is 0 Å². The summed E-state index contributed by atoms with van der Waals surface area (Å²) in [7, 11) is 0. The number of hydrogen-bond donors (Lipinski definition) is 0. The fraction of sp³-hybridized carbons (Fsp3) is 0.0513. The van der Waals surface area contributed by atoms with E-state index in [4.69, 9.17) is 15.0 Å². The molecule has 44 heavy (non-hydrogen) atoms. The summed E-state index contributed by atoms with van der Waals surface area (Å²) in [5.41, 5.74) is 9.65. The van der Waals surface area contributed by atoms with Gasteiger partial charge in [-0.05, 0) is 73.5 Å². The van der Waals surface area contributed by atoms with Crippen LogP contribution in [0.3, 0.4) is 0 Å². The van der Waals surface area contributed by atoms with Gasteiger partial charge in [0.15, 0.2) is 17.5 Å². The van der Waals surface area contributed by atoms with Crippen molar-refractivity contribution in [3.63, 3.8) is 0 Å². The van der Waals surface area contributed by atoms with Crippen molar-refractivity contribution in [3.05, 3.63) is 158 Å². The summed E-state index contributed by atoms with van der Waals surface area (Å²) in [5, 5.41) is 0. The van der Waals surface area contributed by atoms with Gasteiger partial charge >= 0.3 is 0 Å². The molecule has 8 rings (SSSR count). The van der Waals surface area contributed by atoms with Crippen LogP contribution in [0.1, 0.15) is 18.7 Å². The van der Waals surface area contributed by atoms with Gasteiger partial charge in [-0.25, -0.2) is 15.0 Å². The monoisotopic (exact) mass is 567 g/mol. The summed E-state index contributed by atoms with van der Waals surface area (Å²) >= 11 is 0. The van der Waals surface area contributed by atoms with Gasteiger partial charge in [0.2, 0.25) is 0 Å². The molecule has 1 aliphatic heterocycles. The molecule has 0 fully saturated rings. The molecule has 5 nitrogen and oxygen atoms in total. The van der Waals surface area contributed by atoms with Gasteiger partial charge in [-0.3, -0.25) is 0 Å². The molecular formula is C39H29N5. The first-order chi connectivity index (χ1) is 21.8. The Morgan fingerprint density at radius 1 is 0.409 bits per heavy atom. The Kier molecular flexibility index (Phi) is 6.54. The number of hydrogen-bond acceptors (Lipinski definition) is 5. The largest absolute Gasteiger partial charge is 0.306 e. The van der Waals surface area contributed by atoms with E-state index in [1.165, 1.54) is 0 Å². The van der Waals surface area contributed by atoms with Crippen LogP contribution in [0.5, 0.6) is 0 Å². The second kappa shape index (κ2) is 11.1. The molecule has 0 amide bonds. The van der Waals surface area contributed by atoms with Crippen LogP contribution in [0, 0.1) is 0 Å². The average Bonchev–Trinajstić information content (AvgIpc) is 3.11. The Morgan fingerprint density at radius 3 is 1.39 bits per heavy atom. The number of para-hydroxylation sites is 5. The Morgan fingerprint density at radius 2 is 0.864 bits per heavy atom. The van der Waals surface area contributed by atoms with Crippen molar-refractivity contribution < 1.29 is 0 Å². The second-order valence-corrected chi connectivity index (χ2v) is 10.8. The Balaban J connectivity index is 1.22. The summed E-state index contributed by atoms with van der Waals surface area (Å²) in [6.07, 6.45) is 8.54. The van der Waals surface area contributed by atoms with E-state index in [1.54, 1.807) is 0 Å². The lowest BCUT2D eigenvalue weighted by Gasteiger charge is -2.40. The van der Waals surface area contributed by atoms with Crippen LogP contribution in [0.4, 0.5) is 34.1 Å². The normalized spacial score (nSPS) is 13.7. The summed E-state index contributed by atoms with van der Waals surface area (Å²) in [6.45, 7) is 0. The average molecular weight is 568 g/mol. The van der Waals surface area contributed by atoms with E-state index in [9.17, 15) is 0 Å². The van der Waals surface area contributed by atoms with Crippen LogP contribution < -0.4 is 9.80 Å². The fourth-order valence-corrected chi connectivity index (χ4v) is 5.97. The molecular weight excluding hydrogens is 538 g/mol. The topological polar surface area (TPSA) is 45.2 Å². The molecule has 1 aromatic heterocycles. The number of nitrogens with zero attached hydrogens (tertiary/aromatic N) is 5. The smallest absolute Gasteiger partial charge is 0.164 e. The Hall–Kier alpha value is -5.81. The van der Waals surface area contributed by atoms with E-state index in [0.717, 1.165) is 63.7 Å². The van der Waals surface area contributed by atoms with Crippen molar-refractivity contribution in [3.8, 4) is 22.8 Å². The molecule has 0 atom stereocenters. The second-order valence-electron chi connectivity index (χ2n) is 10.8. The third kappa shape index (κ3) is 4.65. The van der Waals surface area contributed by atoms with E-state index >= 15 is 0 Å². The molecule has 5 heteroatoms. The van der Waals surface area contributed by atoms with Crippen molar-refractivity contribution in [1.29, 1.82) is 0 Å². The molecule has 0 N–H and O–H groups in total. The van der Waals surface area contributed by atoms with Crippen LogP contribution >= 0.6 is 0 Å². The van der Waals surface area contributed by atoms with Gasteiger partial charge in [0.05, 0.1) is 22.7 Å². The van der Waals surface area contributed by atoms with Crippen LogP contribution in [0.2, 0.25) is 0 Å². The third-order valence-electron chi connectivity index (χ3n) is 8.05. The summed E-state index contributed by atoms with van der Waals surface area (Å²) in [6, 6.07) is 46.4. The van der Waals surface area contributed by atoms with E-state index in [-0.39, 0.29) is 0 Å². The zero-order valence-corrected chi connectivity index (χ0v) is 24.1. The molecule has 0 spiro atoms. The van der Waals surface area contributed by atoms with E-state index < -0.39 is 0 Å². The van der Waals surface area contributed by atoms with Crippen molar-refractivity contribution in [2.75, 3.05) is 9.80 Å². The molecule has 0 bridgehead atoms. The standard InChI is InChI=1S/C39H29N5/c1-4-14-28(15-5-1)37-40-38(29-16-6-2-7-17-29)42-39(41-37)30-24-26-32(27-25-30)44-35-22-12-10-20-33(35)43(31-18-8-3-9-19-31)34-21-11-13-23-36(34)44/h1,3-6,8-27H,2,7H2. The van der Waals surface area contributed by atoms with Crippen molar-refractivity contribution in [2.24, 2.45) is 0 Å². The predicted octanol–water partition coefficient (Wildman–Crippen LogP) is 10.2. The summed E-state index contributed by atoms with van der Waals surface area (Å²) in [5.74, 6) is 2.04. The van der Waals surface area contributed by atoms with Crippen LogP contribution in [0.15, 0.2) is 152 Å². The molecule has 0 radical (unpaired) electrons. The first-order valence-electron chi connectivity index (χ1n) is 15.0. The third-order valence-corrected chi connectivity index (χ3v) is 8.05. The van der Waals surface area contributed by atoms with Gasteiger partial charge in [-0.2, -0.15) is 0 Å². The van der Waals surface area contributed by atoms with Crippen molar-refractivity contribution >= 4 is 39.7 Å². The maximum Gasteiger partial charge on any atom is 0.164 e. The summed E-state index contributed by atoms with van der Waals surface area (Å²) < 4.78 is 0. The van der Waals surface area contributed by atoms with E-state index in [2.05, 4.69) is 131 Å². The lowest BCUT2D eigenvalue weighted by Crippen LogP contribution is -2.23. The highest BCUT2D eigenvalue weighted by Gasteiger charge is 2.30. The van der Waals surface area contributed by atoms with Crippen molar-refractivity contribution in [2.45, 2.75) is 12.8 Å². The minimum absolute atomic E-state index is 0.662. The van der Waals surface area contributed by atoms with Gasteiger partial charge in [-0.1, -0.05) is 91.0 Å². The van der Waals surface area contributed by atoms with Gasteiger partial charge < -0.3 is 9.80 Å². The van der Waals surface area contributed by atoms with E-state index in [0.29, 0.717) is 17.5 Å². The molecule has 2 heterocycles. The molecule has 0 saturated carbocycles. The van der Waals surface area contributed by atoms with Gasteiger partial charge in [0.1, 0.15) is 0 Å². The lowest BCUT2D eigenvalue weighted by atomic mass is 10.0. The first kappa shape index (κ1) is 25.9. The number of fused-ring (bicyclic) bond motifs is 2. The SMILES string of the molecule is C1=CC(c2nc(-c3ccccc3)nc(-c3ccc(N4c5ccccc5N(c5ccccc5)c5ccccc54)cc3)n2)=CCC1. The molecule has 1 aliphatic carbocycles. The van der Waals surface area contributed by atoms with Gasteiger partial charge in [-0.15, -0.1) is 0 Å². The minimum atomic E-state index is 0.662. The van der Waals surface area contributed by atoms with Crippen LogP contribution in [-0.2, 0) is 0 Å². The maximum absolute atomic E-state index is 4.95. The number of benzene rings is 5. The first-order valence-corrected chi connectivity index (χ1v) is 15.0. The molecule has 0 saturated heterocycles. The van der Waals surface area contributed by atoms with Crippen molar-refractivity contribution in [1.82, 2.24) is 15.0 Å². The minimum Gasteiger partial charge on any atom is -0.306 e. The van der Waals surface area contributed by atoms with Crippen LogP contribution in [0.25, 0.3) is 28.3 Å². The predicted molar refractivity (Wildman–Crippen MR) is 180 cm³/mol. The highest BCUT2D eigenvalue weighted by molar-refractivity contribution is 6.01. The highest BCUT2D eigenvalue weighted by atomic mass is 15.3. The zero-order valence-electron chi connectivity index (χ0n) is 24.1. The number of anilines is 6. The number of aromatic nitrogens is 3. The number of rotatable bonds is 5. The zero-order chi connectivity index (χ0) is 29.3. The van der Waals surface area contributed by atoms with Gasteiger partial charge in [0, 0.05) is 28.1 Å². The fourth-order valence-electron chi connectivity index (χ4n) is 5.97. The molecule has 210 valence electrons. The maximum atomic E-state index is 4.95.